The Balaban J connectivity index is 1.83. The Labute approximate surface area is 202 Å². The number of likely N-dealkylation sites (tertiary alicyclic amines) is 1. The van der Waals surface area contributed by atoms with Gasteiger partial charge >= 0.3 is 5.97 Å². The second kappa shape index (κ2) is 11.0. The van der Waals surface area contributed by atoms with E-state index in [1.54, 1.807) is 48.2 Å². The maximum absolute atomic E-state index is 13.6. The Morgan fingerprint density at radius 1 is 1.03 bits per heavy atom. The van der Waals surface area contributed by atoms with Crippen molar-refractivity contribution in [2.45, 2.75) is 51.3 Å². The predicted molar refractivity (Wildman–Crippen MR) is 132 cm³/mol. The number of hydrogen-bond acceptors (Lipinski definition) is 5. The number of carbonyl (C=O) groups excluding carboxylic acids is 2. The maximum atomic E-state index is 13.6. The van der Waals surface area contributed by atoms with Crippen LogP contribution in [0.3, 0.4) is 0 Å². The lowest BCUT2D eigenvalue weighted by molar-refractivity contribution is -0.151. The normalized spacial score (nSPS) is 14.8. The molecule has 1 aliphatic heterocycles. The fourth-order valence-corrected chi connectivity index (χ4v) is 5.44. The van der Waals surface area contributed by atoms with E-state index in [0.717, 1.165) is 11.1 Å². The summed E-state index contributed by atoms with van der Waals surface area (Å²) in [4.78, 5) is 27.0. The summed E-state index contributed by atoms with van der Waals surface area (Å²) in [6.07, 6.45) is 1.02. The Morgan fingerprint density at radius 2 is 1.62 bits per heavy atom. The van der Waals surface area contributed by atoms with Crippen LogP contribution in [0.25, 0.3) is 0 Å². The molecule has 1 fully saturated rings. The Kier molecular flexibility index (Phi) is 8.36. The van der Waals surface area contributed by atoms with Crippen molar-refractivity contribution in [3.63, 3.8) is 0 Å². The zero-order valence-corrected chi connectivity index (χ0v) is 21.2. The van der Waals surface area contributed by atoms with Crippen LogP contribution >= 0.6 is 0 Å². The Morgan fingerprint density at radius 3 is 2.15 bits per heavy atom. The maximum Gasteiger partial charge on any atom is 0.309 e. The van der Waals surface area contributed by atoms with Crippen LogP contribution in [0.1, 0.15) is 50.7 Å². The summed E-state index contributed by atoms with van der Waals surface area (Å²) in [6, 6.07) is 13.9. The minimum atomic E-state index is -3.96. The van der Waals surface area contributed by atoms with E-state index in [1.807, 2.05) is 19.1 Å². The molecule has 1 aliphatic rings. The molecule has 7 nitrogen and oxygen atoms in total. The fourth-order valence-electron chi connectivity index (χ4n) is 4.03. The number of hydrogen-bond donors (Lipinski definition) is 0. The summed E-state index contributed by atoms with van der Waals surface area (Å²) in [5.41, 5.74) is 2.48. The molecular formula is C26H34N2O5S. The molecule has 0 radical (unpaired) electrons. The number of benzene rings is 2. The summed E-state index contributed by atoms with van der Waals surface area (Å²) < 4.78 is 33.5. The van der Waals surface area contributed by atoms with E-state index < -0.39 is 10.0 Å². The molecule has 0 aliphatic carbocycles. The highest BCUT2D eigenvalue weighted by Gasteiger charge is 2.32. The van der Waals surface area contributed by atoms with Gasteiger partial charge in [0.05, 0.1) is 23.1 Å². The first-order valence-electron chi connectivity index (χ1n) is 11.8. The highest BCUT2D eigenvalue weighted by atomic mass is 32.2. The lowest BCUT2D eigenvalue weighted by atomic mass is 9.97. The number of rotatable bonds is 8. The largest absolute Gasteiger partial charge is 0.466 e. The first kappa shape index (κ1) is 25.7. The molecule has 1 amide bonds. The number of anilines is 1. The van der Waals surface area contributed by atoms with Gasteiger partial charge in [-0.2, -0.15) is 0 Å². The molecule has 2 aromatic rings. The van der Waals surface area contributed by atoms with E-state index >= 15 is 0 Å². The topological polar surface area (TPSA) is 84.0 Å². The average molecular weight is 487 g/mol. The molecule has 0 bridgehead atoms. The van der Waals surface area contributed by atoms with Crippen LogP contribution in [0.2, 0.25) is 0 Å². The van der Waals surface area contributed by atoms with Crippen LogP contribution in [-0.2, 0) is 24.3 Å². The highest BCUT2D eigenvalue weighted by molar-refractivity contribution is 7.92. The van der Waals surface area contributed by atoms with Crippen LogP contribution in [0, 0.1) is 12.8 Å². The van der Waals surface area contributed by atoms with E-state index in [9.17, 15) is 18.0 Å². The first-order chi connectivity index (χ1) is 16.1. The minimum Gasteiger partial charge on any atom is -0.466 e. The molecule has 184 valence electrons. The molecule has 0 spiro atoms. The average Bonchev–Trinajstić information content (AvgIpc) is 2.83. The molecule has 1 heterocycles. The van der Waals surface area contributed by atoms with Crippen LogP contribution in [0.4, 0.5) is 5.69 Å². The summed E-state index contributed by atoms with van der Waals surface area (Å²) >= 11 is 0. The number of ether oxygens (including phenoxy) is 1. The molecule has 0 N–H and O–H groups in total. The monoisotopic (exact) mass is 486 g/mol. The summed E-state index contributed by atoms with van der Waals surface area (Å²) in [6.45, 7) is 8.62. The molecule has 0 atom stereocenters. The third kappa shape index (κ3) is 5.97. The number of aryl methyl sites for hydroxylation is 1. The van der Waals surface area contributed by atoms with Crippen molar-refractivity contribution >= 4 is 27.6 Å². The summed E-state index contributed by atoms with van der Waals surface area (Å²) in [5, 5.41) is 0. The third-order valence-corrected chi connectivity index (χ3v) is 7.99. The summed E-state index contributed by atoms with van der Waals surface area (Å²) in [7, 11) is -3.96. The van der Waals surface area contributed by atoms with Gasteiger partial charge in [0.25, 0.3) is 10.0 Å². The number of amides is 1. The molecular weight excluding hydrogens is 452 g/mol. The van der Waals surface area contributed by atoms with E-state index in [-0.39, 0.29) is 29.2 Å². The highest BCUT2D eigenvalue weighted by Crippen LogP contribution is 2.27. The Bertz CT molecular complexity index is 1090. The zero-order valence-electron chi connectivity index (χ0n) is 20.4. The summed E-state index contributed by atoms with van der Waals surface area (Å²) in [5.74, 6) is -0.437. The van der Waals surface area contributed by atoms with Crippen molar-refractivity contribution in [1.82, 2.24) is 4.90 Å². The van der Waals surface area contributed by atoms with Crippen LogP contribution in [0.15, 0.2) is 53.4 Å². The Hall–Kier alpha value is -2.87. The van der Waals surface area contributed by atoms with E-state index in [1.165, 1.54) is 4.31 Å². The molecule has 3 rings (SSSR count). The van der Waals surface area contributed by atoms with Gasteiger partial charge in [-0.25, -0.2) is 8.42 Å². The minimum absolute atomic E-state index is 0.139. The standard InChI is InChI=1S/C26H34N2O5S/c1-5-33-26(30)22-14-16-27(17-15-22)25(29)18-28(23-10-8-21(9-11-23)19(2)3)34(31,32)24-12-6-20(4)7-13-24/h6-13,19,22H,5,14-18H2,1-4H3. The molecule has 2 aromatic carbocycles. The van der Waals surface area contributed by atoms with Gasteiger partial charge in [-0.1, -0.05) is 43.7 Å². The number of nitrogens with zero attached hydrogens (tertiary/aromatic N) is 2. The van der Waals surface area contributed by atoms with Crippen LogP contribution in [0.5, 0.6) is 0 Å². The molecule has 0 aromatic heterocycles. The molecule has 0 unspecified atom stereocenters. The van der Waals surface area contributed by atoms with Gasteiger partial charge in [0.2, 0.25) is 5.91 Å². The molecule has 1 saturated heterocycles. The second-order valence-corrected chi connectivity index (χ2v) is 10.8. The first-order valence-corrected chi connectivity index (χ1v) is 13.2. The van der Waals surface area contributed by atoms with Gasteiger partial charge in [0, 0.05) is 13.1 Å². The van der Waals surface area contributed by atoms with Gasteiger partial charge in [-0.15, -0.1) is 0 Å². The van der Waals surface area contributed by atoms with Crippen molar-refractivity contribution in [1.29, 1.82) is 0 Å². The molecule has 34 heavy (non-hydrogen) atoms. The number of esters is 1. The number of carbonyl (C=O) groups is 2. The number of sulfonamides is 1. The van der Waals surface area contributed by atoms with Crippen LogP contribution in [-0.4, -0.2) is 51.4 Å². The van der Waals surface area contributed by atoms with E-state index in [0.29, 0.717) is 44.1 Å². The van der Waals surface area contributed by atoms with Crippen molar-refractivity contribution < 1.29 is 22.7 Å². The van der Waals surface area contributed by atoms with Gasteiger partial charge in [0.15, 0.2) is 0 Å². The number of piperidine rings is 1. The third-order valence-electron chi connectivity index (χ3n) is 6.20. The van der Waals surface area contributed by atoms with Gasteiger partial charge in [-0.3, -0.25) is 13.9 Å². The zero-order chi connectivity index (χ0) is 24.9. The molecule has 0 saturated carbocycles. The van der Waals surface area contributed by atoms with Gasteiger partial charge < -0.3 is 9.64 Å². The van der Waals surface area contributed by atoms with Crippen molar-refractivity contribution in [2.24, 2.45) is 5.92 Å². The van der Waals surface area contributed by atoms with Crippen LogP contribution < -0.4 is 4.31 Å². The van der Waals surface area contributed by atoms with Gasteiger partial charge in [-0.05, 0) is 62.4 Å². The fraction of sp³-hybridized carbons (Fsp3) is 0.462. The van der Waals surface area contributed by atoms with Crippen molar-refractivity contribution in [2.75, 3.05) is 30.5 Å². The lowest BCUT2D eigenvalue weighted by Gasteiger charge is -2.33. The molecule has 8 heteroatoms. The SMILES string of the molecule is CCOC(=O)C1CCN(C(=O)CN(c2ccc(C(C)C)cc2)S(=O)(=O)c2ccc(C)cc2)CC1. The quantitative estimate of drug-likeness (QED) is 0.524. The van der Waals surface area contributed by atoms with Gasteiger partial charge in [0.1, 0.15) is 6.54 Å². The van der Waals surface area contributed by atoms with Crippen molar-refractivity contribution in [3.05, 3.63) is 59.7 Å². The lowest BCUT2D eigenvalue weighted by Crippen LogP contribution is -2.46. The van der Waals surface area contributed by atoms with E-state index in [2.05, 4.69) is 13.8 Å². The second-order valence-electron chi connectivity index (χ2n) is 8.98. The predicted octanol–water partition coefficient (Wildman–Crippen LogP) is 4.12. The van der Waals surface area contributed by atoms with Crippen molar-refractivity contribution in [3.8, 4) is 0 Å². The smallest absolute Gasteiger partial charge is 0.309 e. The van der Waals surface area contributed by atoms with E-state index in [4.69, 9.17) is 4.74 Å².